The summed E-state index contributed by atoms with van der Waals surface area (Å²) in [5, 5.41) is 9.15. The molecule has 1 aromatic carbocycles. The fourth-order valence-electron chi connectivity index (χ4n) is 2.58. The lowest BCUT2D eigenvalue weighted by Crippen LogP contribution is -2.40. The van der Waals surface area contributed by atoms with Crippen LogP contribution in [0.25, 0.3) is 0 Å². The lowest BCUT2D eigenvalue weighted by atomic mass is 10.1. The monoisotopic (exact) mass is 265 g/mol. The quantitative estimate of drug-likeness (QED) is 0.820. The van der Waals surface area contributed by atoms with E-state index in [0.717, 1.165) is 12.8 Å². The number of hydrogen-bond donors (Lipinski definition) is 2. The second-order valence-electron chi connectivity index (χ2n) is 4.68. The molecule has 1 amide bonds. The van der Waals surface area contributed by atoms with Gasteiger partial charge in [0.25, 0.3) is 5.91 Å². The van der Waals surface area contributed by atoms with Gasteiger partial charge in [-0.25, -0.2) is 0 Å². The summed E-state index contributed by atoms with van der Waals surface area (Å²) in [4.78, 5) is 15.0. The highest BCUT2D eigenvalue weighted by Crippen LogP contribution is 2.26. The molecule has 98 valence electrons. The van der Waals surface area contributed by atoms with Gasteiger partial charge in [-0.3, -0.25) is 4.79 Å². The van der Waals surface area contributed by atoms with Crippen LogP contribution in [0, 0.1) is 0 Å². The molecule has 0 unspecified atom stereocenters. The summed E-state index contributed by atoms with van der Waals surface area (Å²) in [6, 6.07) is 7.60. The standard InChI is InChI=1S/C14H19NO2S/c16-10-9-15(11-5-1-2-6-11)14(17)12-7-3-4-8-13(12)18/h3-4,7-8,11,16,18H,1-2,5-6,9-10H2. The van der Waals surface area contributed by atoms with Crippen LogP contribution in [0.3, 0.4) is 0 Å². The van der Waals surface area contributed by atoms with E-state index in [0.29, 0.717) is 17.0 Å². The Balaban J connectivity index is 2.20. The molecule has 4 heteroatoms. The lowest BCUT2D eigenvalue weighted by Gasteiger charge is -2.28. The highest BCUT2D eigenvalue weighted by molar-refractivity contribution is 7.80. The van der Waals surface area contributed by atoms with Gasteiger partial charge in [0.2, 0.25) is 0 Å². The van der Waals surface area contributed by atoms with Crippen LogP contribution in [0.15, 0.2) is 29.2 Å². The minimum Gasteiger partial charge on any atom is -0.395 e. The van der Waals surface area contributed by atoms with Crippen LogP contribution in [-0.4, -0.2) is 35.1 Å². The highest BCUT2D eigenvalue weighted by Gasteiger charge is 2.27. The van der Waals surface area contributed by atoms with E-state index in [1.165, 1.54) is 12.8 Å². The van der Waals surface area contributed by atoms with Crippen LogP contribution in [-0.2, 0) is 0 Å². The van der Waals surface area contributed by atoms with Gasteiger partial charge < -0.3 is 10.0 Å². The van der Waals surface area contributed by atoms with E-state index in [1.807, 2.05) is 23.1 Å². The number of rotatable bonds is 4. The molecule has 1 N–H and O–H groups in total. The van der Waals surface area contributed by atoms with Gasteiger partial charge in [-0.05, 0) is 25.0 Å². The fourth-order valence-corrected chi connectivity index (χ4v) is 2.84. The number of nitrogens with zero attached hydrogens (tertiary/aromatic N) is 1. The van der Waals surface area contributed by atoms with Crippen molar-refractivity contribution in [2.75, 3.05) is 13.2 Å². The second kappa shape index (κ2) is 6.25. The number of carbonyl (C=O) groups is 1. The molecule has 3 nitrogen and oxygen atoms in total. The number of benzene rings is 1. The highest BCUT2D eigenvalue weighted by atomic mass is 32.1. The van der Waals surface area contributed by atoms with Crippen molar-refractivity contribution >= 4 is 18.5 Å². The normalized spacial score (nSPS) is 15.9. The number of amides is 1. The summed E-state index contributed by atoms with van der Waals surface area (Å²) < 4.78 is 0. The Morgan fingerprint density at radius 2 is 2.00 bits per heavy atom. The Bertz CT molecular complexity index is 416. The van der Waals surface area contributed by atoms with Crippen LogP contribution < -0.4 is 0 Å². The second-order valence-corrected chi connectivity index (χ2v) is 5.16. The zero-order valence-corrected chi connectivity index (χ0v) is 11.3. The molecule has 2 rings (SSSR count). The van der Waals surface area contributed by atoms with Crippen LogP contribution in [0.5, 0.6) is 0 Å². The maximum Gasteiger partial charge on any atom is 0.255 e. The van der Waals surface area contributed by atoms with Gasteiger partial charge in [-0.2, -0.15) is 0 Å². The Morgan fingerprint density at radius 3 is 2.61 bits per heavy atom. The van der Waals surface area contributed by atoms with Gasteiger partial charge in [0, 0.05) is 17.5 Å². The molecule has 0 radical (unpaired) electrons. The molecule has 1 aromatic rings. The Labute approximate surface area is 113 Å². The fraction of sp³-hybridized carbons (Fsp3) is 0.500. The predicted molar refractivity (Wildman–Crippen MR) is 74.1 cm³/mol. The molecule has 18 heavy (non-hydrogen) atoms. The zero-order valence-electron chi connectivity index (χ0n) is 10.4. The minimum atomic E-state index is -0.0125. The number of hydrogen-bond acceptors (Lipinski definition) is 3. The summed E-state index contributed by atoms with van der Waals surface area (Å²) >= 11 is 4.33. The maximum atomic E-state index is 12.5. The van der Waals surface area contributed by atoms with Crippen molar-refractivity contribution in [2.24, 2.45) is 0 Å². The summed E-state index contributed by atoms with van der Waals surface area (Å²) in [5.74, 6) is -0.0125. The van der Waals surface area contributed by atoms with E-state index < -0.39 is 0 Å². The van der Waals surface area contributed by atoms with Gasteiger partial charge in [-0.15, -0.1) is 12.6 Å². The third-order valence-electron chi connectivity index (χ3n) is 3.50. The number of thiol groups is 1. The van der Waals surface area contributed by atoms with Crippen LogP contribution in [0.2, 0.25) is 0 Å². The molecule has 1 aliphatic rings. The van der Waals surface area contributed by atoms with Crippen molar-refractivity contribution in [3.63, 3.8) is 0 Å². The molecule has 0 heterocycles. The zero-order chi connectivity index (χ0) is 13.0. The van der Waals surface area contributed by atoms with Gasteiger partial charge >= 0.3 is 0 Å². The topological polar surface area (TPSA) is 40.5 Å². The third-order valence-corrected chi connectivity index (χ3v) is 3.89. The SMILES string of the molecule is O=C(c1ccccc1S)N(CCO)C1CCCC1. The summed E-state index contributed by atoms with van der Waals surface area (Å²) in [6.07, 6.45) is 4.42. The first kappa shape index (κ1) is 13.4. The van der Waals surface area contributed by atoms with E-state index >= 15 is 0 Å². The van der Waals surface area contributed by atoms with Crippen molar-refractivity contribution in [3.8, 4) is 0 Å². The Kier molecular flexibility index (Phi) is 4.66. The summed E-state index contributed by atoms with van der Waals surface area (Å²) in [5.41, 5.74) is 0.626. The number of carbonyl (C=O) groups excluding carboxylic acids is 1. The molecule has 0 atom stereocenters. The third kappa shape index (κ3) is 2.87. The summed E-state index contributed by atoms with van der Waals surface area (Å²) in [7, 11) is 0. The van der Waals surface area contributed by atoms with Crippen molar-refractivity contribution in [1.82, 2.24) is 4.90 Å². The predicted octanol–water partition coefficient (Wildman–Crippen LogP) is 2.35. The van der Waals surface area contributed by atoms with E-state index in [4.69, 9.17) is 5.11 Å². The number of aliphatic hydroxyl groups excluding tert-OH is 1. The molecular weight excluding hydrogens is 246 g/mol. The molecule has 0 aliphatic heterocycles. The van der Waals surface area contributed by atoms with E-state index in [1.54, 1.807) is 6.07 Å². The van der Waals surface area contributed by atoms with Gasteiger partial charge in [0.1, 0.15) is 0 Å². The molecule has 0 saturated heterocycles. The average Bonchev–Trinajstić information content (AvgIpc) is 2.89. The van der Waals surface area contributed by atoms with Crippen LogP contribution in [0.1, 0.15) is 36.0 Å². The van der Waals surface area contributed by atoms with E-state index in [2.05, 4.69) is 12.6 Å². The molecular formula is C14H19NO2S. The first-order valence-electron chi connectivity index (χ1n) is 6.44. The van der Waals surface area contributed by atoms with E-state index in [-0.39, 0.29) is 18.6 Å². The van der Waals surface area contributed by atoms with Crippen LogP contribution in [0.4, 0.5) is 0 Å². The Morgan fingerprint density at radius 1 is 1.33 bits per heavy atom. The molecule has 1 aliphatic carbocycles. The molecule has 1 fully saturated rings. The molecule has 0 spiro atoms. The van der Waals surface area contributed by atoms with E-state index in [9.17, 15) is 4.79 Å². The average molecular weight is 265 g/mol. The first-order valence-corrected chi connectivity index (χ1v) is 6.88. The molecule has 0 bridgehead atoms. The lowest BCUT2D eigenvalue weighted by molar-refractivity contribution is 0.0634. The van der Waals surface area contributed by atoms with Gasteiger partial charge in [-0.1, -0.05) is 25.0 Å². The smallest absolute Gasteiger partial charge is 0.255 e. The number of aliphatic hydroxyl groups is 1. The van der Waals surface area contributed by atoms with Crippen molar-refractivity contribution in [2.45, 2.75) is 36.6 Å². The first-order chi connectivity index (χ1) is 8.74. The summed E-state index contributed by atoms with van der Waals surface area (Å²) in [6.45, 7) is 0.419. The van der Waals surface area contributed by atoms with Gasteiger partial charge in [0.05, 0.1) is 12.2 Å². The van der Waals surface area contributed by atoms with Crippen molar-refractivity contribution < 1.29 is 9.90 Å². The largest absolute Gasteiger partial charge is 0.395 e. The molecule has 0 aromatic heterocycles. The van der Waals surface area contributed by atoms with Crippen molar-refractivity contribution in [1.29, 1.82) is 0 Å². The van der Waals surface area contributed by atoms with Crippen molar-refractivity contribution in [3.05, 3.63) is 29.8 Å². The van der Waals surface area contributed by atoms with Crippen LogP contribution >= 0.6 is 12.6 Å². The molecule has 1 saturated carbocycles. The Hall–Kier alpha value is -1.00. The maximum absolute atomic E-state index is 12.5. The minimum absolute atomic E-state index is 0.0109. The van der Waals surface area contributed by atoms with Gasteiger partial charge in [0.15, 0.2) is 0 Å².